The lowest BCUT2D eigenvalue weighted by Gasteiger charge is -2.29. The second-order valence-electron chi connectivity index (χ2n) is 9.17. The van der Waals surface area contributed by atoms with Gasteiger partial charge in [-0.2, -0.15) is 0 Å². The molecule has 0 bridgehead atoms. The molecule has 6 nitrogen and oxygen atoms in total. The summed E-state index contributed by atoms with van der Waals surface area (Å²) in [6.45, 7) is 7.80. The number of amides is 2. The summed E-state index contributed by atoms with van der Waals surface area (Å²) in [6.07, 6.45) is 0.911. The van der Waals surface area contributed by atoms with Crippen LogP contribution in [0.3, 0.4) is 0 Å². The first-order chi connectivity index (χ1) is 17.3. The molecular formula is C28H31ClN2O4S. The zero-order chi connectivity index (χ0) is 25.7. The number of benzene rings is 2. The standard InChI is InChI=1S/C28H31ClN2O4S/c1-4-19(2)14-31(28(33)22-6-8-23(29)9-7-22)17-27(32)30(16-26-20(3)11-12-36-26)15-21-5-10-24-25(13-21)35-18-34-24/h5-13,19H,4,14-18H2,1-3H3/t19-/m1/s1. The van der Waals surface area contributed by atoms with Gasteiger partial charge in [-0.1, -0.05) is 37.9 Å². The average Bonchev–Trinajstić information content (AvgIpc) is 3.51. The number of carbonyl (C=O) groups excluding carboxylic acids is 2. The fraction of sp³-hybridized carbons (Fsp3) is 0.357. The van der Waals surface area contributed by atoms with Crippen LogP contribution in [0.4, 0.5) is 0 Å². The second kappa shape index (κ2) is 11.8. The van der Waals surface area contributed by atoms with Crippen molar-refractivity contribution in [3.63, 3.8) is 0 Å². The summed E-state index contributed by atoms with van der Waals surface area (Å²) >= 11 is 7.65. The molecule has 0 aliphatic carbocycles. The van der Waals surface area contributed by atoms with Gasteiger partial charge in [-0.05, 0) is 71.8 Å². The van der Waals surface area contributed by atoms with E-state index in [1.165, 1.54) is 0 Å². The zero-order valence-electron chi connectivity index (χ0n) is 20.8. The number of carbonyl (C=O) groups is 2. The zero-order valence-corrected chi connectivity index (χ0v) is 22.4. The summed E-state index contributed by atoms with van der Waals surface area (Å²) in [7, 11) is 0. The van der Waals surface area contributed by atoms with Crippen LogP contribution < -0.4 is 9.47 Å². The van der Waals surface area contributed by atoms with Crippen LogP contribution in [0.25, 0.3) is 0 Å². The van der Waals surface area contributed by atoms with Gasteiger partial charge in [-0.15, -0.1) is 11.3 Å². The molecule has 0 radical (unpaired) electrons. The summed E-state index contributed by atoms with van der Waals surface area (Å²) in [6, 6.07) is 14.6. The average molecular weight is 527 g/mol. The molecule has 0 unspecified atom stereocenters. The van der Waals surface area contributed by atoms with Crippen molar-refractivity contribution < 1.29 is 19.1 Å². The number of fused-ring (bicyclic) bond motifs is 1. The minimum Gasteiger partial charge on any atom is -0.454 e. The maximum atomic E-state index is 13.7. The van der Waals surface area contributed by atoms with E-state index < -0.39 is 0 Å². The number of halogens is 1. The fourth-order valence-corrected chi connectivity index (χ4v) is 5.04. The molecule has 0 fully saturated rings. The Morgan fingerprint density at radius 2 is 1.78 bits per heavy atom. The van der Waals surface area contributed by atoms with Crippen molar-refractivity contribution in [3.8, 4) is 11.5 Å². The topological polar surface area (TPSA) is 59.1 Å². The Morgan fingerprint density at radius 3 is 2.47 bits per heavy atom. The van der Waals surface area contributed by atoms with Crippen molar-refractivity contribution in [1.29, 1.82) is 0 Å². The Hall–Kier alpha value is -3.03. The Labute approximate surface area is 221 Å². The van der Waals surface area contributed by atoms with Crippen LogP contribution in [0.5, 0.6) is 11.5 Å². The Balaban J connectivity index is 1.57. The van der Waals surface area contributed by atoms with Crippen LogP contribution >= 0.6 is 22.9 Å². The summed E-state index contributed by atoms with van der Waals surface area (Å²) in [5, 5.41) is 2.60. The molecule has 8 heteroatoms. The summed E-state index contributed by atoms with van der Waals surface area (Å²) in [4.78, 5) is 31.8. The molecule has 0 spiro atoms. The van der Waals surface area contributed by atoms with E-state index in [0.29, 0.717) is 41.7 Å². The lowest BCUT2D eigenvalue weighted by molar-refractivity contribution is -0.133. The smallest absolute Gasteiger partial charge is 0.254 e. The SMILES string of the molecule is CC[C@@H](C)CN(CC(=O)N(Cc1ccc2c(c1)OCO2)Cc1sccc1C)C(=O)c1ccc(Cl)cc1. The molecule has 1 atom stereocenters. The van der Waals surface area contributed by atoms with Gasteiger partial charge in [0.25, 0.3) is 5.91 Å². The van der Waals surface area contributed by atoms with E-state index in [-0.39, 0.29) is 31.1 Å². The van der Waals surface area contributed by atoms with Gasteiger partial charge < -0.3 is 19.3 Å². The van der Waals surface area contributed by atoms with Crippen molar-refractivity contribution in [3.05, 3.63) is 80.5 Å². The number of nitrogens with zero attached hydrogens (tertiary/aromatic N) is 2. The molecule has 0 saturated heterocycles. The first kappa shape index (κ1) is 26.0. The highest BCUT2D eigenvalue weighted by Crippen LogP contribution is 2.33. The predicted molar refractivity (Wildman–Crippen MR) is 143 cm³/mol. The van der Waals surface area contributed by atoms with Crippen LogP contribution in [0.2, 0.25) is 5.02 Å². The number of hydrogen-bond donors (Lipinski definition) is 0. The first-order valence-corrected chi connectivity index (χ1v) is 13.3. The van der Waals surface area contributed by atoms with Crippen LogP contribution in [0.15, 0.2) is 53.9 Å². The Kier molecular flexibility index (Phi) is 8.54. The minimum atomic E-state index is -0.171. The number of hydrogen-bond acceptors (Lipinski definition) is 5. The molecule has 2 aromatic carbocycles. The van der Waals surface area contributed by atoms with Crippen molar-refractivity contribution in [2.24, 2.45) is 5.92 Å². The highest BCUT2D eigenvalue weighted by atomic mass is 35.5. The highest BCUT2D eigenvalue weighted by Gasteiger charge is 2.25. The van der Waals surface area contributed by atoms with Crippen LogP contribution in [0.1, 0.15) is 46.6 Å². The van der Waals surface area contributed by atoms with Gasteiger partial charge in [0.15, 0.2) is 11.5 Å². The lowest BCUT2D eigenvalue weighted by Crippen LogP contribution is -2.44. The molecule has 4 rings (SSSR count). The van der Waals surface area contributed by atoms with Gasteiger partial charge in [-0.3, -0.25) is 9.59 Å². The third-order valence-corrected chi connectivity index (χ3v) is 7.66. The maximum absolute atomic E-state index is 13.7. The van der Waals surface area contributed by atoms with Crippen LogP contribution in [0, 0.1) is 12.8 Å². The molecule has 2 amide bonds. The third-order valence-electron chi connectivity index (χ3n) is 6.40. The third kappa shape index (κ3) is 6.39. The van der Waals surface area contributed by atoms with Crippen LogP contribution in [-0.2, 0) is 17.9 Å². The molecule has 0 N–H and O–H groups in total. The molecule has 2 heterocycles. The van der Waals surface area contributed by atoms with E-state index in [9.17, 15) is 9.59 Å². The fourth-order valence-electron chi connectivity index (χ4n) is 3.99. The van der Waals surface area contributed by atoms with Crippen LogP contribution in [-0.4, -0.2) is 41.5 Å². The van der Waals surface area contributed by atoms with E-state index in [1.807, 2.05) is 35.4 Å². The second-order valence-corrected chi connectivity index (χ2v) is 10.6. The molecule has 190 valence electrons. The molecule has 1 aromatic heterocycles. The van der Waals surface area contributed by atoms with Crippen molar-refractivity contribution in [2.75, 3.05) is 19.9 Å². The molecule has 36 heavy (non-hydrogen) atoms. The van der Waals surface area contributed by atoms with Crippen molar-refractivity contribution in [2.45, 2.75) is 40.3 Å². The van der Waals surface area contributed by atoms with E-state index in [2.05, 4.69) is 19.9 Å². The lowest BCUT2D eigenvalue weighted by atomic mass is 10.1. The van der Waals surface area contributed by atoms with Crippen molar-refractivity contribution in [1.82, 2.24) is 9.80 Å². The van der Waals surface area contributed by atoms with Gasteiger partial charge >= 0.3 is 0 Å². The predicted octanol–water partition coefficient (Wildman–Crippen LogP) is 6.16. The molecule has 1 aliphatic heterocycles. The first-order valence-electron chi connectivity index (χ1n) is 12.1. The summed E-state index contributed by atoms with van der Waals surface area (Å²) < 4.78 is 11.0. The van der Waals surface area contributed by atoms with E-state index in [0.717, 1.165) is 22.4 Å². The molecule has 1 aliphatic rings. The van der Waals surface area contributed by atoms with Crippen molar-refractivity contribution >= 4 is 34.8 Å². The van der Waals surface area contributed by atoms with Gasteiger partial charge in [-0.25, -0.2) is 0 Å². The molecule has 0 saturated carbocycles. The van der Waals surface area contributed by atoms with Gasteiger partial charge in [0.05, 0.1) is 6.54 Å². The number of rotatable bonds is 10. The largest absolute Gasteiger partial charge is 0.454 e. The van der Waals surface area contributed by atoms with Gasteiger partial charge in [0, 0.05) is 28.6 Å². The monoisotopic (exact) mass is 526 g/mol. The summed E-state index contributed by atoms with van der Waals surface area (Å²) in [5.41, 5.74) is 2.61. The molecular weight excluding hydrogens is 496 g/mol. The van der Waals surface area contributed by atoms with Gasteiger partial charge in [0.1, 0.15) is 6.54 Å². The number of thiophene rings is 1. The van der Waals surface area contributed by atoms with Gasteiger partial charge in [0.2, 0.25) is 12.7 Å². The normalized spacial score (nSPS) is 12.9. The number of ether oxygens (including phenoxy) is 2. The minimum absolute atomic E-state index is 0.000768. The van der Waals surface area contributed by atoms with E-state index in [1.54, 1.807) is 40.5 Å². The summed E-state index contributed by atoms with van der Waals surface area (Å²) in [5.74, 6) is 1.38. The molecule has 3 aromatic rings. The maximum Gasteiger partial charge on any atom is 0.254 e. The van der Waals surface area contributed by atoms with E-state index >= 15 is 0 Å². The highest BCUT2D eigenvalue weighted by molar-refractivity contribution is 7.10. The quantitative estimate of drug-likeness (QED) is 0.317. The Bertz CT molecular complexity index is 1210. The Morgan fingerprint density at radius 1 is 1.03 bits per heavy atom. The van der Waals surface area contributed by atoms with E-state index in [4.69, 9.17) is 21.1 Å². The number of aryl methyl sites for hydroxylation is 1.